The van der Waals surface area contributed by atoms with Gasteiger partial charge in [0, 0.05) is 16.5 Å². The van der Waals surface area contributed by atoms with Crippen LogP contribution in [0.5, 0.6) is 5.75 Å². The fourth-order valence-corrected chi connectivity index (χ4v) is 3.30. The SMILES string of the molecule is Cc1c(O)c(C[NH+](C)C)cc2c(=O)c(-c3cc4ccccc4o3)coc12. The van der Waals surface area contributed by atoms with Crippen LogP contribution in [-0.4, -0.2) is 19.2 Å². The first-order valence-corrected chi connectivity index (χ1v) is 8.50. The van der Waals surface area contributed by atoms with Gasteiger partial charge in [0.25, 0.3) is 0 Å². The third-order valence-corrected chi connectivity index (χ3v) is 4.58. The predicted molar refractivity (Wildman–Crippen MR) is 101 cm³/mol. The topological polar surface area (TPSA) is 68.0 Å². The maximum Gasteiger partial charge on any atom is 0.203 e. The molecule has 2 aromatic heterocycles. The van der Waals surface area contributed by atoms with Crippen LogP contribution in [0.15, 0.2) is 56.3 Å². The Morgan fingerprint density at radius 2 is 1.92 bits per heavy atom. The van der Waals surface area contributed by atoms with Crippen molar-refractivity contribution in [2.24, 2.45) is 0 Å². The number of aromatic hydroxyl groups is 1. The van der Waals surface area contributed by atoms with Crippen molar-refractivity contribution >= 4 is 21.9 Å². The Balaban J connectivity index is 1.96. The highest BCUT2D eigenvalue weighted by Crippen LogP contribution is 2.32. The Labute approximate surface area is 150 Å². The number of nitrogens with one attached hydrogen (secondary N) is 1. The molecule has 0 spiro atoms. The van der Waals surface area contributed by atoms with Crippen molar-refractivity contribution in [2.75, 3.05) is 14.1 Å². The lowest BCUT2D eigenvalue weighted by molar-refractivity contribution is -0.872. The normalized spacial score (nSPS) is 11.7. The molecule has 2 aromatic carbocycles. The van der Waals surface area contributed by atoms with Crippen molar-refractivity contribution in [3.63, 3.8) is 0 Å². The summed E-state index contributed by atoms with van der Waals surface area (Å²) in [5.41, 5.74) is 2.65. The second kappa shape index (κ2) is 6.04. The van der Waals surface area contributed by atoms with Gasteiger partial charge in [0.15, 0.2) is 0 Å². The standard InChI is InChI=1S/C21H19NO4/c1-12-19(23)14(10-22(2)3)8-15-20(24)16(11-25-21(12)15)18-9-13-6-4-5-7-17(13)26-18/h4-9,11,23H,10H2,1-3H3/p+1. The van der Waals surface area contributed by atoms with E-state index in [1.54, 1.807) is 13.0 Å². The van der Waals surface area contributed by atoms with Crippen molar-refractivity contribution in [1.82, 2.24) is 0 Å². The minimum Gasteiger partial charge on any atom is -0.507 e. The van der Waals surface area contributed by atoms with Crippen LogP contribution in [0.3, 0.4) is 0 Å². The molecule has 132 valence electrons. The highest BCUT2D eigenvalue weighted by molar-refractivity contribution is 5.88. The van der Waals surface area contributed by atoms with E-state index in [-0.39, 0.29) is 11.2 Å². The molecule has 0 saturated heterocycles. The zero-order valence-corrected chi connectivity index (χ0v) is 14.9. The van der Waals surface area contributed by atoms with Crippen LogP contribution in [0, 0.1) is 6.92 Å². The highest BCUT2D eigenvalue weighted by Gasteiger charge is 2.19. The largest absolute Gasteiger partial charge is 0.507 e. The van der Waals surface area contributed by atoms with E-state index in [9.17, 15) is 9.90 Å². The summed E-state index contributed by atoms with van der Waals surface area (Å²) in [7, 11) is 3.98. The second-order valence-electron chi connectivity index (χ2n) is 6.90. The summed E-state index contributed by atoms with van der Waals surface area (Å²) in [6, 6.07) is 11.2. The average Bonchev–Trinajstić information content (AvgIpc) is 3.03. The molecule has 5 nitrogen and oxygen atoms in total. The molecule has 0 unspecified atom stereocenters. The number of hydrogen-bond donors (Lipinski definition) is 2. The maximum atomic E-state index is 13.1. The van der Waals surface area contributed by atoms with E-state index in [0.717, 1.165) is 21.4 Å². The number of phenolic OH excluding ortho intramolecular Hbond substituents is 1. The van der Waals surface area contributed by atoms with E-state index in [1.165, 1.54) is 6.26 Å². The summed E-state index contributed by atoms with van der Waals surface area (Å²) in [6.45, 7) is 2.37. The molecule has 0 atom stereocenters. The quantitative estimate of drug-likeness (QED) is 0.596. The van der Waals surface area contributed by atoms with Gasteiger partial charge in [0.05, 0.1) is 19.5 Å². The molecule has 4 aromatic rings. The van der Waals surface area contributed by atoms with Gasteiger partial charge in [-0.05, 0) is 25.1 Å². The van der Waals surface area contributed by atoms with E-state index >= 15 is 0 Å². The van der Waals surface area contributed by atoms with Crippen LogP contribution < -0.4 is 10.3 Å². The zero-order chi connectivity index (χ0) is 18.4. The fraction of sp³-hybridized carbons (Fsp3) is 0.190. The Bertz CT molecular complexity index is 1150. The summed E-state index contributed by atoms with van der Waals surface area (Å²) in [4.78, 5) is 14.2. The second-order valence-corrected chi connectivity index (χ2v) is 6.90. The summed E-state index contributed by atoms with van der Waals surface area (Å²) < 4.78 is 11.5. The number of quaternary nitrogens is 1. The summed E-state index contributed by atoms with van der Waals surface area (Å²) in [5, 5.41) is 11.8. The highest BCUT2D eigenvalue weighted by atomic mass is 16.3. The van der Waals surface area contributed by atoms with Crippen LogP contribution in [0.2, 0.25) is 0 Å². The Morgan fingerprint density at radius 1 is 1.15 bits per heavy atom. The van der Waals surface area contributed by atoms with E-state index in [1.807, 2.05) is 44.4 Å². The van der Waals surface area contributed by atoms with Gasteiger partial charge in [-0.2, -0.15) is 0 Å². The smallest absolute Gasteiger partial charge is 0.203 e. The molecular weight excluding hydrogens is 330 g/mol. The molecule has 26 heavy (non-hydrogen) atoms. The lowest BCUT2D eigenvalue weighted by atomic mass is 10.0. The molecule has 0 saturated carbocycles. The average molecular weight is 350 g/mol. The molecule has 0 aliphatic heterocycles. The van der Waals surface area contributed by atoms with Gasteiger partial charge >= 0.3 is 0 Å². The van der Waals surface area contributed by atoms with E-state index in [0.29, 0.717) is 34.4 Å². The number of benzene rings is 2. The van der Waals surface area contributed by atoms with E-state index < -0.39 is 0 Å². The number of aryl methyl sites for hydroxylation is 1. The number of rotatable bonds is 3. The molecule has 4 rings (SSSR count). The third kappa shape index (κ3) is 2.57. The Morgan fingerprint density at radius 3 is 2.65 bits per heavy atom. The van der Waals surface area contributed by atoms with Gasteiger partial charge in [-0.25, -0.2) is 0 Å². The van der Waals surface area contributed by atoms with E-state index in [2.05, 4.69) is 0 Å². The monoisotopic (exact) mass is 350 g/mol. The molecule has 2 N–H and O–H groups in total. The molecule has 0 amide bonds. The van der Waals surface area contributed by atoms with Crippen molar-refractivity contribution in [3.8, 4) is 17.1 Å². The van der Waals surface area contributed by atoms with Gasteiger partial charge in [0.1, 0.15) is 41.0 Å². The summed E-state index contributed by atoms with van der Waals surface area (Å²) in [6.07, 6.45) is 1.41. The Hall–Kier alpha value is -3.05. The number of fused-ring (bicyclic) bond motifs is 2. The van der Waals surface area contributed by atoms with Crippen LogP contribution in [0.1, 0.15) is 11.1 Å². The first kappa shape index (κ1) is 16.4. The molecule has 2 heterocycles. The van der Waals surface area contributed by atoms with Crippen molar-refractivity contribution < 1.29 is 18.8 Å². The van der Waals surface area contributed by atoms with Gasteiger partial charge in [0.2, 0.25) is 5.43 Å². The number of hydrogen-bond acceptors (Lipinski definition) is 4. The molecule has 0 radical (unpaired) electrons. The van der Waals surface area contributed by atoms with Crippen molar-refractivity contribution in [3.05, 3.63) is 64.0 Å². The zero-order valence-electron chi connectivity index (χ0n) is 14.9. The first-order chi connectivity index (χ1) is 12.5. The lowest BCUT2D eigenvalue weighted by Crippen LogP contribution is -3.04. The summed E-state index contributed by atoms with van der Waals surface area (Å²) in [5.74, 6) is 0.658. The van der Waals surface area contributed by atoms with Gasteiger partial charge in [-0.15, -0.1) is 0 Å². The first-order valence-electron chi connectivity index (χ1n) is 8.50. The number of phenols is 1. The molecular formula is C21H20NO4+. The van der Waals surface area contributed by atoms with Crippen LogP contribution in [0.25, 0.3) is 33.3 Å². The van der Waals surface area contributed by atoms with Gasteiger partial charge in [-0.1, -0.05) is 18.2 Å². The third-order valence-electron chi connectivity index (χ3n) is 4.58. The molecule has 0 fully saturated rings. The molecule has 0 aliphatic rings. The van der Waals surface area contributed by atoms with Crippen LogP contribution >= 0.6 is 0 Å². The predicted octanol–water partition coefficient (Wildman–Crippen LogP) is 2.86. The van der Waals surface area contributed by atoms with Gasteiger partial charge in [-0.3, -0.25) is 4.79 Å². The van der Waals surface area contributed by atoms with Crippen LogP contribution in [0.4, 0.5) is 0 Å². The van der Waals surface area contributed by atoms with Gasteiger partial charge < -0.3 is 18.8 Å². The van der Waals surface area contributed by atoms with E-state index in [4.69, 9.17) is 8.83 Å². The number of furan rings is 1. The fourth-order valence-electron chi connectivity index (χ4n) is 3.30. The number of para-hydroxylation sites is 1. The lowest BCUT2D eigenvalue weighted by Gasteiger charge is -2.12. The van der Waals surface area contributed by atoms with Crippen molar-refractivity contribution in [2.45, 2.75) is 13.5 Å². The summed E-state index contributed by atoms with van der Waals surface area (Å²) >= 11 is 0. The molecule has 0 bridgehead atoms. The molecule has 0 aliphatic carbocycles. The minimum absolute atomic E-state index is 0.164. The maximum absolute atomic E-state index is 13.1. The van der Waals surface area contributed by atoms with Crippen LogP contribution in [-0.2, 0) is 6.54 Å². The van der Waals surface area contributed by atoms with Crippen molar-refractivity contribution in [1.29, 1.82) is 0 Å². The minimum atomic E-state index is -0.164. The molecule has 5 heteroatoms. The Kier molecular flexibility index (Phi) is 3.81.